The molecule has 2 N–H and O–H groups in total. The zero-order valence-corrected chi connectivity index (χ0v) is 21.3. The zero-order valence-electron chi connectivity index (χ0n) is 21.3. The Morgan fingerprint density at radius 3 is 2.87 bits per heavy atom. The Bertz CT molecular complexity index is 1480. The summed E-state index contributed by atoms with van der Waals surface area (Å²) in [6, 6.07) is 6.97. The molecule has 0 aliphatic carbocycles. The summed E-state index contributed by atoms with van der Waals surface area (Å²) in [5, 5.41) is 9.92. The van der Waals surface area contributed by atoms with Crippen LogP contribution < -0.4 is 15.4 Å². The largest absolute Gasteiger partial charge is 0.490 e. The van der Waals surface area contributed by atoms with Gasteiger partial charge >= 0.3 is 0 Å². The molecule has 2 aromatic heterocycles. The summed E-state index contributed by atoms with van der Waals surface area (Å²) in [7, 11) is 0. The van der Waals surface area contributed by atoms with Crippen molar-refractivity contribution in [2.75, 3.05) is 30.3 Å². The first-order valence-corrected chi connectivity index (χ1v) is 12.7. The third-order valence-electron chi connectivity index (χ3n) is 6.65. The van der Waals surface area contributed by atoms with Gasteiger partial charge < -0.3 is 20.3 Å². The van der Waals surface area contributed by atoms with Gasteiger partial charge in [0.25, 0.3) is 0 Å². The monoisotopic (exact) mass is 539 g/mol. The number of hydrogen-bond donors (Lipinski definition) is 2. The maximum absolute atomic E-state index is 14.9. The van der Waals surface area contributed by atoms with E-state index in [9.17, 15) is 18.0 Å². The Labute approximate surface area is 223 Å². The van der Waals surface area contributed by atoms with Crippen LogP contribution in [-0.2, 0) is 11.3 Å². The van der Waals surface area contributed by atoms with Gasteiger partial charge in [-0.15, -0.1) is 0 Å². The van der Waals surface area contributed by atoms with Crippen LogP contribution >= 0.6 is 0 Å². The molecule has 1 amide bonds. The van der Waals surface area contributed by atoms with Gasteiger partial charge in [0.05, 0.1) is 29.7 Å². The summed E-state index contributed by atoms with van der Waals surface area (Å²) in [6.45, 7) is 4.40. The Hall–Kier alpha value is -4.19. The molecule has 0 saturated carbocycles. The van der Waals surface area contributed by atoms with Gasteiger partial charge in [-0.05, 0) is 50.9 Å². The number of carbonyl (C=O) groups excluding carboxylic acids is 1. The van der Waals surface area contributed by atoms with Crippen LogP contribution in [0.25, 0.3) is 10.9 Å². The number of hydrogen-bond acceptors (Lipinski definition) is 7. The van der Waals surface area contributed by atoms with Gasteiger partial charge in [-0.1, -0.05) is 6.07 Å². The highest BCUT2D eigenvalue weighted by atomic mass is 19.2. The van der Waals surface area contributed by atoms with Crippen LogP contribution in [0.5, 0.6) is 5.75 Å². The molecule has 1 saturated heterocycles. The lowest BCUT2D eigenvalue weighted by Gasteiger charge is -2.20. The summed E-state index contributed by atoms with van der Waals surface area (Å²) in [5.41, 5.74) is 0.724. The average Bonchev–Trinajstić information content (AvgIpc) is 3.53. The lowest BCUT2D eigenvalue weighted by Crippen LogP contribution is -2.28. The molecule has 0 unspecified atom stereocenters. The summed E-state index contributed by atoms with van der Waals surface area (Å²) in [5.74, 6) is -2.83. The number of amides is 1. The highest BCUT2D eigenvalue weighted by Gasteiger charge is 2.19. The molecule has 0 radical (unpaired) electrons. The van der Waals surface area contributed by atoms with Crippen LogP contribution in [0.1, 0.15) is 26.2 Å². The van der Waals surface area contributed by atoms with Crippen molar-refractivity contribution in [3.8, 4) is 5.75 Å². The Morgan fingerprint density at radius 2 is 2.05 bits per heavy atom. The van der Waals surface area contributed by atoms with Gasteiger partial charge in [0.1, 0.15) is 18.7 Å². The first-order chi connectivity index (χ1) is 18.9. The van der Waals surface area contributed by atoms with E-state index in [4.69, 9.17) is 4.74 Å². The van der Waals surface area contributed by atoms with Crippen LogP contribution in [0.15, 0.2) is 49.1 Å². The standard InChI is InChI=1S/C27H28F3N7O2/c1-17-5-3-8-36(17)9-4-10-39-24-12-23-19(11-21(24)29)27(32-16-31-23)34-18-13-33-37(14-18)15-25(38)35-22-7-2-6-20(28)26(22)30/h2,6-7,11-14,16-17H,3-5,8-10,15H2,1H3,(H,35,38)(H,31,32,34)/t17-/m1/s1. The number of fused-ring (bicyclic) bond motifs is 1. The zero-order chi connectivity index (χ0) is 27.4. The Morgan fingerprint density at radius 1 is 1.18 bits per heavy atom. The number of likely N-dealkylation sites (tertiary alicyclic amines) is 1. The summed E-state index contributed by atoms with van der Waals surface area (Å²) in [4.78, 5) is 23.2. The van der Waals surface area contributed by atoms with E-state index in [1.807, 2.05) is 0 Å². The minimum atomic E-state index is -1.14. The van der Waals surface area contributed by atoms with Crippen molar-refractivity contribution >= 4 is 34.0 Å². The fourth-order valence-corrected chi connectivity index (χ4v) is 4.63. The molecule has 1 fully saturated rings. The van der Waals surface area contributed by atoms with Gasteiger partial charge in [0.15, 0.2) is 23.2 Å². The molecule has 1 aliphatic rings. The van der Waals surface area contributed by atoms with Gasteiger partial charge in [0, 0.05) is 30.2 Å². The number of nitrogens with zero attached hydrogens (tertiary/aromatic N) is 5. The van der Waals surface area contributed by atoms with Crippen molar-refractivity contribution in [2.24, 2.45) is 0 Å². The maximum atomic E-state index is 14.9. The van der Waals surface area contributed by atoms with Crippen molar-refractivity contribution in [1.82, 2.24) is 24.6 Å². The predicted octanol–water partition coefficient (Wildman–Crippen LogP) is 4.88. The van der Waals surface area contributed by atoms with E-state index >= 15 is 0 Å². The van der Waals surface area contributed by atoms with Crippen LogP contribution in [0.2, 0.25) is 0 Å². The molecule has 5 rings (SSSR count). The fourth-order valence-electron chi connectivity index (χ4n) is 4.63. The number of ether oxygens (including phenoxy) is 1. The minimum absolute atomic E-state index is 0.134. The number of rotatable bonds is 10. The molecule has 0 bridgehead atoms. The van der Waals surface area contributed by atoms with Crippen LogP contribution in [0, 0.1) is 17.5 Å². The van der Waals surface area contributed by atoms with Crippen molar-refractivity contribution < 1.29 is 22.7 Å². The predicted molar refractivity (Wildman–Crippen MR) is 140 cm³/mol. The third-order valence-corrected chi connectivity index (χ3v) is 6.65. The number of anilines is 3. The summed E-state index contributed by atoms with van der Waals surface area (Å²) < 4.78 is 49.1. The van der Waals surface area contributed by atoms with Crippen molar-refractivity contribution in [3.05, 3.63) is 66.5 Å². The number of aromatic nitrogens is 4. The van der Waals surface area contributed by atoms with Gasteiger partial charge in [-0.25, -0.2) is 23.1 Å². The van der Waals surface area contributed by atoms with Crippen LogP contribution in [0.3, 0.4) is 0 Å². The first-order valence-electron chi connectivity index (χ1n) is 12.7. The topological polar surface area (TPSA) is 97.2 Å². The van der Waals surface area contributed by atoms with E-state index in [1.54, 1.807) is 6.07 Å². The third kappa shape index (κ3) is 6.28. The normalized spacial score (nSPS) is 15.5. The van der Waals surface area contributed by atoms with E-state index in [2.05, 4.69) is 37.5 Å². The van der Waals surface area contributed by atoms with Gasteiger partial charge in [-0.3, -0.25) is 9.48 Å². The van der Waals surface area contributed by atoms with Gasteiger partial charge in [-0.2, -0.15) is 5.10 Å². The van der Waals surface area contributed by atoms with E-state index in [0.717, 1.165) is 25.6 Å². The smallest absolute Gasteiger partial charge is 0.246 e. The molecular weight excluding hydrogens is 511 g/mol. The second-order valence-electron chi connectivity index (χ2n) is 9.45. The average molecular weight is 540 g/mol. The molecule has 1 atom stereocenters. The Balaban J connectivity index is 1.21. The minimum Gasteiger partial charge on any atom is -0.490 e. The lowest BCUT2D eigenvalue weighted by molar-refractivity contribution is -0.116. The van der Waals surface area contributed by atoms with E-state index in [1.165, 1.54) is 54.4 Å². The molecule has 39 heavy (non-hydrogen) atoms. The van der Waals surface area contributed by atoms with E-state index in [0.29, 0.717) is 35.1 Å². The first kappa shape index (κ1) is 26.4. The number of halogens is 3. The maximum Gasteiger partial charge on any atom is 0.246 e. The van der Waals surface area contributed by atoms with Crippen LogP contribution in [0.4, 0.5) is 30.4 Å². The molecule has 1 aliphatic heterocycles. The molecular formula is C27H28F3N7O2. The molecule has 12 heteroatoms. The van der Waals surface area contributed by atoms with Crippen molar-refractivity contribution in [1.29, 1.82) is 0 Å². The number of carbonyl (C=O) groups is 1. The van der Waals surface area contributed by atoms with E-state index in [-0.39, 0.29) is 18.0 Å². The SMILES string of the molecule is C[C@@H]1CCCN1CCCOc1cc2ncnc(Nc3cnn(CC(=O)Nc4cccc(F)c4F)c3)c2cc1F. The molecule has 0 spiro atoms. The summed E-state index contributed by atoms with van der Waals surface area (Å²) >= 11 is 0. The number of nitrogens with one attached hydrogen (secondary N) is 2. The fraction of sp³-hybridized carbons (Fsp3) is 0.333. The molecule has 204 valence electrons. The highest BCUT2D eigenvalue weighted by Crippen LogP contribution is 2.29. The molecule has 4 aromatic rings. The van der Waals surface area contributed by atoms with Gasteiger partial charge in [0.2, 0.25) is 5.91 Å². The summed E-state index contributed by atoms with van der Waals surface area (Å²) in [6.07, 6.45) is 7.57. The Kier molecular flexibility index (Phi) is 7.92. The second kappa shape index (κ2) is 11.7. The van der Waals surface area contributed by atoms with E-state index < -0.39 is 23.4 Å². The highest BCUT2D eigenvalue weighted by molar-refractivity contribution is 5.92. The van der Waals surface area contributed by atoms with Crippen LogP contribution in [-0.4, -0.2) is 56.3 Å². The molecule has 2 aromatic carbocycles. The van der Waals surface area contributed by atoms with Crippen molar-refractivity contribution in [3.63, 3.8) is 0 Å². The quantitative estimate of drug-likeness (QED) is 0.277. The second-order valence-corrected chi connectivity index (χ2v) is 9.45. The number of benzene rings is 2. The molecule has 9 nitrogen and oxygen atoms in total. The lowest BCUT2D eigenvalue weighted by atomic mass is 10.2. The molecule has 3 heterocycles. The van der Waals surface area contributed by atoms with Crippen molar-refractivity contribution in [2.45, 2.75) is 38.8 Å².